The van der Waals surface area contributed by atoms with Gasteiger partial charge in [0.05, 0.1) is 49.1 Å². The molecule has 0 unspecified atom stereocenters. The quantitative estimate of drug-likeness (QED) is 0.112. The molecule has 5 heterocycles. The maximum atomic E-state index is 14.3. The Morgan fingerprint density at radius 1 is 0.721 bits per heavy atom. The maximum Gasteiger partial charge on any atom is 0.407 e. The number of aliphatic hydroxyl groups excluding tert-OH is 1. The van der Waals surface area contributed by atoms with Crippen molar-refractivity contribution < 1.29 is 24.2 Å². The minimum atomic E-state index is -0.686. The van der Waals surface area contributed by atoms with E-state index in [4.69, 9.17) is 9.72 Å². The molecule has 3 aliphatic heterocycles. The molecule has 0 aliphatic carbocycles. The zero-order chi connectivity index (χ0) is 42.5. The first-order valence-corrected chi connectivity index (χ1v) is 21.4. The van der Waals surface area contributed by atoms with E-state index in [2.05, 4.69) is 37.0 Å². The van der Waals surface area contributed by atoms with Crippen molar-refractivity contribution in [1.29, 1.82) is 0 Å². The van der Waals surface area contributed by atoms with Crippen LogP contribution < -0.4 is 5.32 Å². The standard InChI is InChI=1S/C48H54N8O5/c1-31(2)42(53-48(60)61-3)46(58)55-25-7-11-40(55)44-49-29-38(51-44)34-19-15-32(16-20-34)13-14-33-17-21-35(22-18-33)39-30-50-45(52-39)41-12-8-26-56(41)47(59)43(36-9-5-4-6-10-36)54-27-23-37(57)24-28-54/h4-6,9-10,15-22,29-31,37,40-43,57H,7-8,11-12,23-28H2,1-3H3,(H,49,51)(H,50,52)(H,53,60)/t40-,41-,42-,43+/m0/s1. The van der Waals surface area contributed by atoms with Gasteiger partial charge in [-0.05, 0) is 85.4 Å². The molecule has 61 heavy (non-hydrogen) atoms. The van der Waals surface area contributed by atoms with Gasteiger partial charge in [0.1, 0.15) is 23.7 Å². The van der Waals surface area contributed by atoms with Crippen molar-refractivity contribution in [1.82, 2.24) is 40.0 Å². The number of ether oxygens (including phenoxy) is 1. The van der Waals surface area contributed by atoms with Crippen LogP contribution >= 0.6 is 0 Å². The van der Waals surface area contributed by atoms with Crippen LogP contribution in [0.2, 0.25) is 0 Å². The van der Waals surface area contributed by atoms with Gasteiger partial charge in [-0.3, -0.25) is 14.5 Å². The second kappa shape index (κ2) is 18.6. The number of nitrogens with zero attached hydrogens (tertiary/aromatic N) is 5. The number of imidazole rings is 2. The molecule has 13 nitrogen and oxygen atoms in total. The van der Waals surface area contributed by atoms with Gasteiger partial charge in [-0.15, -0.1) is 0 Å². The third kappa shape index (κ3) is 9.26. The van der Waals surface area contributed by atoms with Crippen molar-refractivity contribution in [3.63, 3.8) is 0 Å². The predicted octanol–water partition coefficient (Wildman–Crippen LogP) is 6.77. The fraction of sp³-hybridized carbons (Fsp3) is 0.396. The van der Waals surface area contributed by atoms with Crippen LogP contribution in [0.3, 0.4) is 0 Å². The number of methoxy groups -OCH3 is 1. The Hall–Kier alpha value is -6.23. The molecule has 4 atom stereocenters. The van der Waals surface area contributed by atoms with Gasteiger partial charge in [0, 0.05) is 37.3 Å². The number of hydrogen-bond donors (Lipinski definition) is 4. The van der Waals surface area contributed by atoms with E-state index in [9.17, 15) is 19.5 Å². The monoisotopic (exact) mass is 822 g/mol. The lowest BCUT2D eigenvalue weighted by atomic mass is 9.99. The number of carbonyl (C=O) groups excluding carboxylic acids is 3. The van der Waals surface area contributed by atoms with E-state index < -0.39 is 18.2 Å². The van der Waals surface area contributed by atoms with Gasteiger partial charge in [0.15, 0.2) is 0 Å². The summed E-state index contributed by atoms with van der Waals surface area (Å²) in [6.45, 7) is 6.45. The van der Waals surface area contributed by atoms with Gasteiger partial charge in [-0.1, -0.05) is 80.3 Å². The third-order valence-corrected chi connectivity index (χ3v) is 12.2. The lowest BCUT2D eigenvalue weighted by Crippen LogP contribution is -2.51. The van der Waals surface area contributed by atoms with Gasteiger partial charge in [0.25, 0.3) is 0 Å². The van der Waals surface area contributed by atoms with Gasteiger partial charge in [-0.2, -0.15) is 0 Å². The maximum absolute atomic E-state index is 14.3. The largest absolute Gasteiger partial charge is 0.453 e. The van der Waals surface area contributed by atoms with Crippen LogP contribution in [0.5, 0.6) is 0 Å². The van der Waals surface area contributed by atoms with E-state index in [1.165, 1.54) is 7.11 Å². The number of rotatable bonds is 10. The Kier molecular flexibility index (Phi) is 12.6. The summed E-state index contributed by atoms with van der Waals surface area (Å²) in [6.07, 6.45) is 7.43. The number of aromatic nitrogens is 4. The van der Waals surface area contributed by atoms with Crippen molar-refractivity contribution in [2.75, 3.05) is 33.3 Å². The minimum absolute atomic E-state index is 0.0879. The molecule has 5 aromatic rings. The van der Waals surface area contributed by atoms with Gasteiger partial charge >= 0.3 is 6.09 Å². The van der Waals surface area contributed by atoms with Crippen molar-refractivity contribution in [3.8, 4) is 34.4 Å². The lowest BCUT2D eigenvalue weighted by molar-refractivity contribution is -0.139. The van der Waals surface area contributed by atoms with Crippen LogP contribution in [0.1, 0.15) is 98.8 Å². The summed E-state index contributed by atoms with van der Waals surface area (Å²) in [7, 11) is 1.29. The van der Waals surface area contributed by atoms with Gasteiger partial charge in [0.2, 0.25) is 11.8 Å². The molecule has 4 N–H and O–H groups in total. The smallest absolute Gasteiger partial charge is 0.407 e. The van der Waals surface area contributed by atoms with Crippen LogP contribution in [0.4, 0.5) is 4.79 Å². The van der Waals surface area contributed by atoms with E-state index in [1.807, 2.05) is 104 Å². The first kappa shape index (κ1) is 41.5. The summed E-state index contributed by atoms with van der Waals surface area (Å²) in [5.41, 5.74) is 6.42. The van der Waals surface area contributed by atoms with E-state index in [0.29, 0.717) is 39.0 Å². The topological polar surface area (TPSA) is 160 Å². The predicted molar refractivity (Wildman–Crippen MR) is 232 cm³/mol. The molecular formula is C48H54N8O5. The Morgan fingerprint density at radius 2 is 1.23 bits per heavy atom. The van der Waals surface area contributed by atoms with Crippen LogP contribution in [-0.2, 0) is 14.3 Å². The number of benzene rings is 3. The molecular weight excluding hydrogens is 769 g/mol. The molecule has 3 amide bonds. The van der Waals surface area contributed by atoms with Gasteiger partial charge < -0.3 is 34.9 Å². The van der Waals surface area contributed by atoms with Crippen LogP contribution in [-0.4, -0.2) is 103 Å². The molecule has 0 saturated carbocycles. The average molecular weight is 823 g/mol. The number of hydrogen-bond acceptors (Lipinski definition) is 8. The fourth-order valence-corrected chi connectivity index (χ4v) is 8.87. The van der Waals surface area contributed by atoms with Gasteiger partial charge in [-0.25, -0.2) is 14.8 Å². The normalized spacial score (nSPS) is 19.4. The Labute approximate surface area is 356 Å². The molecule has 3 aromatic carbocycles. The van der Waals surface area contributed by atoms with Crippen molar-refractivity contribution in [2.45, 2.75) is 82.6 Å². The van der Waals surface area contributed by atoms with E-state index in [1.54, 1.807) is 11.1 Å². The number of amides is 3. The van der Waals surface area contributed by atoms with Crippen LogP contribution in [0.15, 0.2) is 91.3 Å². The second-order valence-electron chi connectivity index (χ2n) is 16.6. The highest BCUT2D eigenvalue weighted by Gasteiger charge is 2.40. The Bertz CT molecular complexity index is 2360. The summed E-state index contributed by atoms with van der Waals surface area (Å²) in [4.78, 5) is 62.3. The summed E-state index contributed by atoms with van der Waals surface area (Å²) in [6, 6.07) is 24.6. The summed E-state index contributed by atoms with van der Waals surface area (Å²) in [5.74, 6) is 7.91. The molecule has 3 saturated heterocycles. The molecule has 3 aliphatic rings. The molecule has 0 bridgehead atoms. The second-order valence-corrected chi connectivity index (χ2v) is 16.6. The van der Waals surface area contributed by atoms with Crippen LogP contribution in [0.25, 0.3) is 22.5 Å². The first-order valence-electron chi connectivity index (χ1n) is 21.4. The number of aromatic amines is 2. The van der Waals surface area contributed by atoms with Crippen molar-refractivity contribution >= 4 is 17.9 Å². The summed E-state index contributed by atoms with van der Waals surface area (Å²) < 4.78 is 4.76. The zero-order valence-electron chi connectivity index (χ0n) is 35.0. The zero-order valence-corrected chi connectivity index (χ0v) is 35.0. The lowest BCUT2D eigenvalue weighted by Gasteiger charge is -2.38. The van der Waals surface area contributed by atoms with Crippen LogP contribution in [0, 0.1) is 17.8 Å². The Balaban J connectivity index is 0.898. The van der Waals surface area contributed by atoms with E-state index >= 15 is 0 Å². The highest BCUT2D eigenvalue weighted by atomic mass is 16.5. The van der Waals surface area contributed by atoms with Crippen molar-refractivity contribution in [3.05, 3.63) is 120 Å². The fourth-order valence-electron chi connectivity index (χ4n) is 8.87. The Morgan fingerprint density at radius 3 is 1.72 bits per heavy atom. The molecule has 8 rings (SSSR count). The molecule has 2 aromatic heterocycles. The number of likely N-dealkylation sites (tertiary alicyclic amines) is 3. The van der Waals surface area contributed by atoms with E-state index in [0.717, 1.165) is 76.5 Å². The SMILES string of the molecule is COC(=O)N[C@H](C(=O)N1CCC[C@H]1c1ncc(-c2ccc(C#Cc3ccc(-c4cnc([C@@H]5CCCN5C(=O)[C@@H](c5ccccc5)N5CCC(O)CC5)[nH]4)cc3)cc2)[nH]1)C(C)C. The summed E-state index contributed by atoms with van der Waals surface area (Å²) >= 11 is 0. The molecule has 3 fully saturated rings. The number of piperidine rings is 1. The average Bonchev–Trinajstić information content (AvgIpc) is 4.13. The molecule has 0 spiro atoms. The number of alkyl carbamates (subject to hydrolysis) is 1. The number of nitrogens with one attached hydrogen (secondary N) is 3. The number of H-pyrrole nitrogens is 2. The highest BCUT2D eigenvalue weighted by Crippen LogP contribution is 2.37. The molecule has 0 radical (unpaired) electrons. The summed E-state index contributed by atoms with van der Waals surface area (Å²) in [5, 5.41) is 12.9. The molecule has 13 heteroatoms. The minimum Gasteiger partial charge on any atom is -0.453 e. The highest BCUT2D eigenvalue weighted by molar-refractivity contribution is 5.86. The number of aliphatic hydroxyl groups is 1. The van der Waals surface area contributed by atoms with E-state index in [-0.39, 0.29) is 35.9 Å². The third-order valence-electron chi connectivity index (χ3n) is 12.2. The molecule has 316 valence electrons. The number of carbonyl (C=O) groups is 3. The first-order chi connectivity index (χ1) is 29.7. The van der Waals surface area contributed by atoms with Crippen molar-refractivity contribution in [2.24, 2.45) is 5.92 Å².